The first-order valence-electron chi connectivity index (χ1n) is 11.9. The maximum atomic E-state index is 12.7. The van der Waals surface area contributed by atoms with Crippen molar-refractivity contribution in [2.75, 3.05) is 6.61 Å². The van der Waals surface area contributed by atoms with E-state index in [2.05, 4.69) is 20.9 Å². The summed E-state index contributed by atoms with van der Waals surface area (Å²) in [6.45, 7) is 4.68. The zero-order valence-corrected chi connectivity index (χ0v) is 20.5. The molecule has 0 spiro atoms. The second kappa shape index (κ2) is 13.5. The molecule has 0 saturated heterocycles. The van der Waals surface area contributed by atoms with Crippen LogP contribution in [0.1, 0.15) is 52.0 Å². The van der Waals surface area contributed by atoms with Crippen LogP contribution < -0.4 is 16.0 Å². The number of rotatable bonds is 14. The Morgan fingerprint density at radius 1 is 0.971 bits per heavy atom. The summed E-state index contributed by atoms with van der Waals surface area (Å²) in [7, 11) is 0. The molecule has 0 aliphatic rings. The van der Waals surface area contributed by atoms with E-state index in [1.807, 2.05) is 44.3 Å². The smallest absolute Gasteiger partial charge is 0.305 e. The third-order valence-corrected chi connectivity index (χ3v) is 6.07. The highest BCUT2D eigenvalue weighted by atomic mass is 16.4. The molecule has 1 unspecified atom stereocenters. The van der Waals surface area contributed by atoms with Gasteiger partial charge in [0.05, 0.1) is 19.1 Å². The van der Waals surface area contributed by atoms with E-state index in [0.29, 0.717) is 12.8 Å². The monoisotopic (exact) mass is 488 g/mol. The second-order valence-electron chi connectivity index (χ2n) is 8.97. The number of hydrogen-bond donors (Lipinski definition) is 6. The van der Waals surface area contributed by atoms with Crippen molar-refractivity contribution in [3.8, 4) is 0 Å². The van der Waals surface area contributed by atoms with Gasteiger partial charge in [0.15, 0.2) is 0 Å². The Labute approximate surface area is 204 Å². The lowest BCUT2D eigenvalue weighted by Gasteiger charge is -2.24. The third kappa shape index (κ3) is 9.05. The van der Waals surface area contributed by atoms with E-state index < -0.39 is 42.5 Å². The first-order valence-corrected chi connectivity index (χ1v) is 11.9. The number of carboxylic acids is 1. The van der Waals surface area contributed by atoms with Crippen molar-refractivity contribution in [3.63, 3.8) is 0 Å². The Balaban J connectivity index is 1.98. The van der Waals surface area contributed by atoms with E-state index in [4.69, 9.17) is 5.11 Å². The highest BCUT2D eigenvalue weighted by molar-refractivity contribution is 5.84. The van der Waals surface area contributed by atoms with E-state index in [9.17, 15) is 24.3 Å². The molecule has 0 aliphatic carbocycles. The quantitative estimate of drug-likeness (QED) is 0.236. The van der Waals surface area contributed by atoms with E-state index in [1.165, 1.54) is 6.92 Å². The van der Waals surface area contributed by atoms with Crippen molar-refractivity contribution < 1.29 is 29.4 Å². The summed E-state index contributed by atoms with van der Waals surface area (Å²) in [5.74, 6) is -2.19. The summed E-state index contributed by atoms with van der Waals surface area (Å²) in [6.07, 6.45) is 2.53. The average molecular weight is 489 g/mol. The van der Waals surface area contributed by atoms with Gasteiger partial charge >= 0.3 is 5.97 Å². The first-order chi connectivity index (χ1) is 16.6. The molecule has 10 nitrogen and oxygen atoms in total. The summed E-state index contributed by atoms with van der Waals surface area (Å²) in [6, 6.07) is 5.88. The number of nitrogens with one attached hydrogen (secondary N) is 4. The van der Waals surface area contributed by atoms with Gasteiger partial charge in [-0.1, -0.05) is 38.5 Å². The minimum Gasteiger partial charge on any atom is -0.481 e. The molecule has 0 radical (unpaired) electrons. The van der Waals surface area contributed by atoms with Gasteiger partial charge in [-0.2, -0.15) is 0 Å². The maximum Gasteiger partial charge on any atom is 0.305 e. The number of amides is 3. The first kappa shape index (κ1) is 27.8. The van der Waals surface area contributed by atoms with E-state index in [0.717, 1.165) is 16.5 Å². The maximum absolute atomic E-state index is 12.7. The molecule has 192 valence electrons. The van der Waals surface area contributed by atoms with Crippen LogP contribution in [0.4, 0.5) is 0 Å². The number of benzene rings is 1. The molecule has 10 heteroatoms. The van der Waals surface area contributed by atoms with Gasteiger partial charge < -0.3 is 31.1 Å². The number of aromatic amines is 1. The Kier molecular flexibility index (Phi) is 10.7. The van der Waals surface area contributed by atoms with Crippen molar-refractivity contribution in [1.29, 1.82) is 0 Å². The van der Waals surface area contributed by atoms with E-state index in [1.54, 1.807) is 0 Å². The fraction of sp³-hybridized carbons (Fsp3) is 0.520. The van der Waals surface area contributed by atoms with Crippen LogP contribution >= 0.6 is 0 Å². The van der Waals surface area contributed by atoms with Crippen LogP contribution in [0.25, 0.3) is 10.9 Å². The molecular formula is C25H36N4O6. The number of carboxylic acid groups (broad SMARTS) is 1. The summed E-state index contributed by atoms with van der Waals surface area (Å²) in [5.41, 5.74) is 1.92. The Bertz CT molecular complexity index is 1020. The van der Waals surface area contributed by atoms with Gasteiger partial charge in [0.1, 0.15) is 0 Å². The van der Waals surface area contributed by atoms with Crippen LogP contribution in [0.15, 0.2) is 30.5 Å². The Hall–Kier alpha value is -3.40. The van der Waals surface area contributed by atoms with Crippen LogP contribution in [0.2, 0.25) is 0 Å². The minimum absolute atomic E-state index is 0.0360. The molecule has 2 aromatic rings. The molecule has 1 heterocycles. The molecule has 3 amide bonds. The lowest BCUT2D eigenvalue weighted by Crippen LogP contribution is -2.47. The van der Waals surface area contributed by atoms with Gasteiger partial charge in [-0.25, -0.2) is 0 Å². The summed E-state index contributed by atoms with van der Waals surface area (Å²) < 4.78 is 0. The van der Waals surface area contributed by atoms with Crippen LogP contribution in [0.5, 0.6) is 0 Å². The van der Waals surface area contributed by atoms with Crippen molar-refractivity contribution >= 4 is 34.6 Å². The topological polar surface area (TPSA) is 161 Å². The summed E-state index contributed by atoms with van der Waals surface area (Å²) in [4.78, 5) is 51.2. The number of H-pyrrole nitrogens is 1. The molecule has 0 fully saturated rings. The molecule has 2 rings (SSSR count). The molecule has 0 aliphatic heterocycles. The number of carbonyl (C=O) groups excluding carboxylic acids is 3. The largest absolute Gasteiger partial charge is 0.481 e. The number of aliphatic carboxylic acids is 1. The SMILES string of the molecule is CCC(C)[C@@H](CC(=O)O)NC(=O)C[C@H](CO)NC(=O)C[C@H](Cc1c[nH]c2ccccc12)NC(C)=O. The molecule has 1 aromatic carbocycles. The lowest BCUT2D eigenvalue weighted by molar-refractivity contribution is -0.138. The van der Waals surface area contributed by atoms with Crippen LogP contribution in [-0.2, 0) is 25.6 Å². The predicted molar refractivity (Wildman–Crippen MR) is 131 cm³/mol. The van der Waals surface area contributed by atoms with Gasteiger partial charge in [-0.3, -0.25) is 19.2 Å². The van der Waals surface area contributed by atoms with E-state index >= 15 is 0 Å². The average Bonchev–Trinajstić information content (AvgIpc) is 3.19. The summed E-state index contributed by atoms with van der Waals surface area (Å²) >= 11 is 0. The fourth-order valence-electron chi connectivity index (χ4n) is 4.06. The third-order valence-electron chi connectivity index (χ3n) is 6.07. The van der Waals surface area contributed by atoms with Gasteiger partial charge in [0, 0.05) is 48.9 Å². The molecular weight excluding hydrogens is 452 g/mol. The van der Waals surface area contributed by atoms with Gasteiger partial charge in [0.25, 0.3) is 0 Å². The second-order valence-corrected chi connectivity index (χ2v) is 8.97. The molecule has 6 N–H and O–H groups in total. The minimum atomic E-state index is -1.01. The molecule has 0 bridgehead atoms. The number of aliphatic hydroxyl groups excluding tert-OH is 1. The number of fused-ring (bicyclic) bond motifs is 1. The number of carbonyl (C=O) groups is 4. The number of hydrogen-bond acceptors (Lipinski definition) is 5. The van der Waals surface area contributed by atoms with E-state index in [-0.39, 0.29) is 31.1 Å². The number of aromatic nitrogens is 1. The molecule has 35 heavy (non-hydrogen) atoms. The van der Waals surface area contributed by atoms with Crippen LogP contribution in [0.3, 0.4) is 0 Å². The van der Waals surface area contributed by atoms with Gasteiger partial charge in [-0.15, -0.1) is 0 Å². The predicted octanol–water partition coefficient (Wildman–Crippen LogP) is 1.48. The zero-order chi connectivity index (χ0) is 26.0. The zero-order valence-electron chi connectivity index (χ0n) is 20.5. The standard InChI is InChI=1S/C25H36N4O6/c1-4-15(2)22(12-25(34)35)29-24(33)11-19(14-30)28-23(32)10-18(27-16(3)31)9-17-13-26-21-8-6-5-7-20(17)21/h5-8,13,15,18-19,22,26,30H,4,9-12,14H2,1-3H3,(H,27,31)(H,28,32)(H,29,33)(H,34,35)/t15?,18-,19+,22+/m0/s1. The van der Waals surface area contributed by atoms with Crippen molar-refractivity contribution in [3.05, 3.63) is 36.0 Å². The normalized spacial score (nSPS) is 14.5. The van der Waals surface area contributed by atoms with Gasteiger partial charge in [-0.05, 0) is 24.0 Å². The van der Waals surface area contributed by atoms with Crippen molar-refractivity contribution in [1.82, 2.24) is 20.9 Å². The number of para-hydroxylation sites is 1. The van der Waals surface area contributed by atoms with Crippen molar-refractivity contribution in [2.45, 2.75) is 71.0 Å². The Morgan fingerprint density at radius 3 is 2.26 bits per heavy atom. The summed E-state index contributed by atoms with van der Waals surface area (Å²) in [5, 5.41) is 28.0. The number of aliphatic hydroxyl groups is 1. The highest BCUT2D eigenvalue weighted by Gasteiger charge is 2.24. The van der Waals surface area contributed by atoms with Crippen LogP contribution in [0, 0.1) is 5.92 Å². The van der Waals surface area contributed by atoms with Crippen molar-refractivity contribution in [2.24, 2.45) is 5.92 Å². The molecule has 0 saturated carbocycles. The molecule has 1 aromatic heterocycles. The lowest BCUT2D eigenvalue weighted by atomic mass is 9.96. The Morgan fingerprint density at radius 2 is 1.63 bits per heavy atom. The fourth-order valence-corrected chi connectivity index (χ4v) is 4.06. The molecule has 4 atom stereocenters. The van der Waals surface area contributed by atoms with Gasteiger partial charge in [0.2, 0.25) is 17.7 Å². The van der Waals surface area contributed by atoms with Crippen LogP contribution in [-0.4, -0.2) is 63.6 Å². The highest BCUT2D eigenvalue weighted by Crippen LogP contribution is 2.20.